The van der Waals surface area contributed by atoms with Crippen molar-refractivity contribution in [1.82, 2.24) is 4.98 Å². The molecular weight excluding hydrogens is 482 g/mol. The van der Waals surface area contributed by atoms with Crippen molar-refractivity contribution in [3.8, 4) is 21.7 Å². The average Bonchev–Trinajstić information content (AvgIpc) is 3.37. The van der Waals surface area contributed by atoms with Gasteiger partial charge in [-0.2, -0.15) is 0 Å². The van der Waals surface area contributed by atoms with E-state index in [2.05, 4.69) is 109 Å². The normalized spacial score (nSPS) is 12.4. The molecule has 0 aliphatic heterocycles. The van der Waals surface area contributed by atoms with Crippen LogP contribution in [0.4, 0.5) is 0 Å². The van der Waals surface area contributed by atoms with E-state index in [1.165, 1.54) is 58.9 Å². The zero-order chi connectivity index (χ0) is 26.8. The van der Waals surface area contributed by atoms with Gasteiger partial charge in [0, 0.05) is 27.6 Å². The van der Waals surface area contributed by atoms with Crippen molar-refractivity contribution in [2.75, 3.05) is 0 Å². The quantitative estimate of drug-likeness (QED) is 0.232. The van der Waals surface area contributed by atoms with E-state index in [9.17, 15) is 0 Å². The summed E-state index contributed by atoms with van der Waals surface area (Å²) >= 11 is 1.85. The Morgan fingerprint density at radius 1 is 0.895 bits per heavy atom. The van der Waals surface area contributed by atoms with E-state index in [0.29, 0.717) is 5.92 Å². The summed E-state index contributed by atoms with van der Waals surface area (Å²) in [5.41, 5.74) is 8.47. The molecule has 0 amide bonds. The van der Waals surface area contributed by atoms with Crippen molar-refractivity contribution in [2.45, 2.75) is 60.3 Å². The maximum Gasteiger partial charge on any atom is 0.134 e. The minimum absolute atomic E-state index is 0.0283. The van der Waals surface area contributed by atoms with Crippen LogP contribution in [0.3, 0.4) is 0 Å². The van der Waals surface area contributed by atoms with Crippen LogP contribution in [0.2, 0.25) is 0 Å². The number of fused-ring (bicyclic) bond motifs is 3. The molecule has 0 saturated heterocycles. The molecule has 0 atom stereocenters. The third kappa shape index (κ3) is 4.14. The second-order valence-corrected chi connectivity index (χ2v) is 13.1. The SMILES string of the molecule is Cc1oc2ccc(CC(C)C)cc2c1-c1sc2c(-c3cc(C(C)(C)C)c4ccccc4c3)nccc2c1C. The van der Waals surface area contributed by atoms with E-state index in [1.807, 2.05) is 17.5 Å². The van der Waals surface area contributed by atoms with E-state index < -0.39 is 0 Å². The summed E-state index contributed by atoms with van der Waals surface area (Å²) in [7, 11) is 0. The summed E-state index contributed by atoms with van der Waals surface area (Å²) < 4.78 is 7.51. The minimum Gasteiger partial charge on any atom is -0.461 e. The van der Waals surface area contributed by atoms with Crippen LogP contribution in [-0.2, 0) is 11.8 Å². The smallest absolute Gasteiger partial charge is 0.134 e. The van der Waals surface area contributed by atoms with Gasteiger partial charge in [0.05, 0.1) is 10.4 Å². The zero-order valence-electron chi connectivity index (χ0n) is 23.4. The van der Waals surface area contributed by atoms with Crippen LogP contribution in [0, 0.1) is 19.8 Å². The molecule has 3 aromatic carbocycles. The molecule has 2 nitrogen and oxygen atoms in total. The van der Waals surface area contributed by atoms with Gasteiger partial charge in [-0.25, -0.2) is 0 Å². The molecule has 0 aliphatic carbocycles. The Morgan fingerprint density at radius 2 is 1.68 bits per heavy atom. The van der Waals surface area contributed by atoms with Gasteiger partial charge >= 0.3 is 0 Å². The van der Waals surface area contributed by atoms with Crippen LogP contribution in [0.1, 0.15) is 57.1 Å². The van der Waals surface area contributed by atoms with Gasteiger partial charge in [-0.05, 0) is 94.8 Å². The van der Waals surface area contributed by atoms with Crippen molar-refractivity contribution in [3.05, 3.63) is 89.3 Å². The number of aryl methyl sites for hydroxylation is 2. The van der Waals surface area contributed by atoms with Gasteiger partial charge in [-0.1, -0.05) is 65.0 Å². The summed E-state index contributed by atoms with van der Waals surface area (Å²) in [5, 5.41) is 5.06. The highest BCUT2D eigenvalue weighted by molar-refractivity contribution is 7.23. The van der Waals surface area contributed by atoms with Crippen LogP contribution in [0.15, 0.2) is 71.3 Å². The standard InChI is InChI=1S/C35H35NOS/c1-20(2)16-23-12-13-30-28(17-23)31(22(4)37-30)33-21(3)26-14-15-36-32(34(26)38-33)25-18-24-10-8-9-11-27(24)29(19-25)35(5,6)7/h8-15,17-20H,16H2,1-7H3. The number of rotatable bonds is 4. The highest BCUT2D eigenvalue weighted by atomic mass is 32.1. The molecule has 3 heterocycles. The Hall–Kier alpha value is -3.43. The fraction of sp³-hybridized carbons (Fsp3) is 0.286. The molecular formula is C35H35NOS. The molecule has 192 valence electrons. The van der Waals surface area contributed by atoms with E-state index >= 15 is 0 Å². The Labute approximate surface area is 229 Å². The van der Waals surface area contributed by atoms with Gasteiger partial charge in [-0.15, -0.1) is 11.3 Å². The van der Waals surface area contributed by atoms with Crippen molar-refractivity contribution >= 4 is 43.2 Å². The Morgan fingerprint density at radius 3 is 2.45 bits per heavy atom. The van der Waals surface area contributed by atoms with E-state index in [1.54, 1.807) is 0 Å². The van der Waals surface area contributed by atoms with Crippen molar-refractivity contribution < 1.29 is 4.42 Å². The first kappa shape index (κ1) is 24.9. The lowest BCUT2D eigenvalue weighted by atomic mass is 9.82. The van der Waals surface area contributed by atoms with Gasteiger partial charge in [0.15, 0.2) is 0 Å². The van der Waals surface area contributed by atoms with Crippen molar-refractivity contribution in [1.29, 1.82) is 0 Å². The number of nitrogens with zero attached hydrogens (tertiary/aromatic N) is 1. The molecule has 0 unspecified atom stereocenters. The molecule has 6 aromatic rings. The second kappa shape index (κ2) is 9.10. The van der Waals surface area contributed by atoms with Gasteiger partial charge < -0.3 is 4.42 Å². The molecule has 3 aromatic heterocycles. The summed E-state index contributed by atoms with van der Waals surface area (Å²) in [6, 6.07) is 22.2. The van der Waals surface area contributed by atoms with Gasteiger partial charge in [0.1, 0.15) is 11.3 Å². The Kier molecular flexibility index (Phi) is 5.96. The molecule has 0 spiro atoms. The fourth-order valence-corrected chi connectivity index (χ4v) is 7.23. The van der Waals surface area contributed by atoms with Gasteiger partial charge in [0.2, 0.25) is 0 Å². The predicted octanol–water partition coefficient (Wildman–Crippen LogP) is 10.6. The van der Waals surface area contributed by atoms with E-state index in [-0.39, 0.29) is 5.41 Å². The highest BCUT2D eigenvalue weighted by Gasteiger charge is 2.23. The minimum atomic E-state index is 0.0283. The van der Waals surface area contributed by atoms with Crippen LogP contribution in [0.5, 0.6) is 0 Å². The van der Waals surface area contributed by atoms with E-state index in [0.717, 1.165) is 23.5 Å². The van der Waals surface area contributed by atoms with Crippen LogP contribution in [-0.4, -0.2) is 4.98 Å². The number of benzene rings is 3. The zero-order valence-corrected chi connectivity index (χ0v) is 24.2. The maximum atomic E-state index is 6.27. The fourth-order valence-electron chi connectivity index (χ4n) is 5.81. The van der Waals surface area contributed by atoms with Crippen molar-refractivity contribution in [2.24, 2.45) is 5.92 Å². The molecule has 0 saturated carbocycles. The molecule has 0 aliphatic rings. The summed E-state index contributed by atoms with van der Waals surface area (Å²) in [6.45, 7) is 15.8. The molecule has 0 fully saturated rings. The maximum absolute atomic E-state index is 6.27. The van der Waals surface area contributed by atoms with E-state index in [4.69, 9.17) is 9.40 Å². The lowest BCUT2D eigenvalue weighted by Gasteiger charge is -2.22. The largest absolute Gasteiger partial charge is 0.461 e. The summed E-state index contributed by atoms with van der Waals surface area (Å²) in [6.07, 6.45) is 3.03. The topological polar surface area (TPSA) is 26.0 Å². The first-order chi connectivity index (χ1) is 18.1. The molecule has 0 bridgehead atoms. The lowest BCUT2D eigenvalue weighted by molar-refractivity contribution is 0.579. The average molecular weight is 518 g/mol. The second-order valence-electron chi connectivity index (χ2n) is 12.0. The monoisotopic (exact) mass is 517 g/mol. The van der Waals surface area contributed by atoms with Crippen LogP contribution in [0.25, 0.3) is 53.5 Å². The van der Waals surface area contributed by atoms with Gasteiger partial charge in [-0.3, -0.25) is 4.98 Å². The summed E-state index contributed by atoms with van der Waals surface area (Å²) in [5.74, 6) is 1.59. The molecule has 0 radical (unpaired) electrons. The third-order valence-corrected chi connectivity index (χ3v) is 8.93. The number of furan rings is 1. The molecule has 38 heavy (non-hydrogen) atoms. The highest BCUT2D eigenvalue weighted by Crippen LogP contribution is 2.47. The third-order valence-electron chi connectivity index (χ3n) is 7.60. The molecule has 0 N–H and O–H groups in total. The first-order valence-electron chi connectivity index (χ1n) is 13.6. The molecule has 3 heteroatoms. The summed E-state index contributed by atoms with van der Waals surface area (Å²) in [4.78, 5) is 6.24. The number of hydrogen-bond acceptors (Lipinski definition) is 3. The van der Waals surface area contributed by atoms with Gasteiger partial charge in [0.25, 0.3) is 0 Å². The number of aromatic nitrogens is 1. The number of pyridine rings is 1. The van der Waals surface area contributed by atoms with Crippen LogP contribution >= 0.6 is 11.3 Å². The number of hydrogen-bond donors (Lipinski definition) is 0. The molecule has 6 rings (SSSR count). The number of thiophene rings is 1. The Bertz CT molecular complexity index is 1830. The van der Waals surface area contributed by atoms with Crippen LogP contribution < -0.4 is 0 Å². The Balaban J connectivity index is 1.59. The first-order valence-corrected chi connectivity index (χ1v) is 14.4. The predicted molar refractivity (Wildman–Crippen MR) is 164 cm³/mol. The lowest BCUT2D eigenvalue weighted by Crippen LogP contribution is -2.12. The van der Waals surface area contributed by atoms with Crippen molar-refractivity contribution in [3.63, 3.8) is 0 Å².